The molecule has 0 amide bonds. The zero-order chi connectivity index (χ0) is 20.4. The molecule has 0 unspecified atom stereocenters. The molecule has 146 valence electrons. The van der Waals surface area contributed by atoms with Crippen molar-refractivity contribution in [2.75, 3.05) is 27.7 Å². The molecular weight excluding hydrogens is 358 g/mol. The highest BCUT2D eigenvalue weighted by molar-refractivity contribution is 5.77. The Hall–Kier alpha value is -3.31. The van der Waals surface area contributed by atoms with Gasteiger partial charge in [-0.2, -0.15) is 0 Å². The second-order valence-electron chi connectivity index (χ2n) is 6.73. The number of rotatable bonds is 6. The number of fused-ring (bicyclic) bond motifs is 1. The molecule has 0 aliphatic rings. The Morgan fingerprint density at radius 3 is 2.64 bits per heavy atom. The van der Waals surface area contributed by atoms with E-state index in [0.29, 0.717) is 35.8 Å². The van der Waals surface area contributed by atoms with Crippen LogP contribution < -0.4 is 16.0 Å². The average Bonchev–Trinajstić information content (AvgIpc) is 3.02. The molecule has 0 aliphatic carbocycles. The molecule has 8 nitrogen and oxygen atoms in total. The van der Waals surface area contributed by atoms with Gasteiger partial charge < -0.3 is 14.2 Å². The number of hydrogen-bond donors (Lipinski definition) is 0. The first kappa shape index (κ1) is 19.5. The van der Waals surface area contributed by atoms with Gasteiger partial charge in [0.15, 0.2) is 11.2 Å². The lowest BCUT2D eigenvalue weighted by molar-refractivity contribution is 0.379. The van der Waals surface area contributed by atoms with E-state index >= 15 is 0 Å². The van der Waals surface area contributed by atoms with Crippen molar-refractivity contribution in [3.05, 3.63) is 45.1 Å². The zero-order valence-electron chi connectivity index (χ0n) is 16.5. The predicted molar refractivity (Wildman–Crippen MR) is 109 cm³/mol. The van der Waals surface area contributed by atoms with Crippen molar-refractivity contribution in [3.63, 3.8) is 0 Å². The van der Waals surface area contributed by atoms with Crippen LogP contribution in [0.2, 0.25) is 0 Å². The van der Waals surface area contributed by atoms with Crippen molar-refractivity contribution < 1.29 is 4.74 Å². The van der Waals surface area contributed by atoms with Gasteiger partial charge in [-0.1, -0.05) is 18.1 Å². The lowest BCUT2D eigenvalue weighted by atomic mass is 10.2. The molecule has 1 aromatic carbocycles. The van der Waals surface area contributed by atoms with Gasteiger partial charge in [0.05, 0.1) is 13.7 Å². The Labute approximate surface area is 162 Å². The molecule has 0 radical (unpaired) electrons. The van der Waals surface area contributed by atoms with Gasteiger partial charge in [-0.25, -0.2) is 14.3 Å². The SMILES string of the molecule is C#CCn1c(=O)c2c(nc(-c3cccc(OC)c3)n2C)n(CCN(C)C)c1=O. The van der Waals surface area contributed by atoms with Gasteiger partial charge >= 0.3 is 5.69 Å². The maximum atomic E-state index is 13.0. The van der Waals surface area contributed by atoms with Crippen molar-refractivity contribution in [1.82, 2.24) is 23.6 Å². The van der Waals surface area contributed by atoms with Crippen molar-refractivity contribution >= 4 is 11.2 Å². The summed E-state index contributed by atoms with van der Waals surface area (Å²) in [6, 6.07) is 7.40. The van der Waals surface area contributed by atoms with Crippen LogP contribution in [0.5, 0.6) is 5.75 Å². The van der Waals surface area contributed by atoms with Crippen LogP contribution in [0.15, 0.2) is 33.9 Å². The zero-order valence-corrected chi connectivity index (χ0v) is 16.5. The van der Waals surface area contributed by atoms with E-state index in [1.165, 1.54) is 4.57 Å². The largest absolute Gasteiger partial charge is 0.497 e. The summed E-state index contributed by atoms with van der Waals surface area (Å²) in [6.45, 7) is 0.922. The number of hydrogen-bond acceptors (Lipinski definition) is 5. The summed E-state index contributed by atoms with van der Waals surface area (Å²) in [5.41, 5.74) is 0.584. The molecule has 28 heavy (non-hydrogen) atoms. The summed E-state index contributed by atoms with van der Waals surface area (Å²) in [5.74, 6) is 3.64. The number of aromatic nitrogens is 4. The summed E-state index contributed by atoms with van der Waals surface area (Å²) in [6.07, 6.45) is 5.38. The summed E-state index contributed by atoms with van der Waals surface area (Å²) < 4.78 is 9.58. The molecule has 0 saturated heterocycles. The first-order valence-electron chi connectivity index (χ1n) is 8.81. The van der Waals surface area contributed by atoms with Crippen LogP contribution in [0.4, 0.5) is 0 Å². The van der Waals surface area contributed by atoms with E-state index in [9.17, 15) is 9.59 Å². The Balaban J connectivity index is 2.33. The van der Waals surface area contributed by atoms with E-state index in [2.05, 4.69) is 10.9 Å². The molecule has 8 heteroatoms. The second kappa shape index (κ2) is 7.74. The second-order valence-corrected chi connectivity index (χ2v) is 6.73. The third-order valence-corrected chi connectivity index (χ3v) is 4.59. The molecule has 0 atom stereocenters. The number of benzene rings is 1. The highest BCUT2D eigenvalue weighted by atomic mass is 16.5. The Morgan fingerprint density at radius 2 is 2.00 bits per heavy atom. The summed E-state index contributed by atoms with van der Waals surface area (Å²) in [7, 11) is 7.18. The standard InChI is InChI=1S/C20H23N5O3/c1-6-10-25-19(26)16-18(24(20(25)27)12-11-22(2)3)21-17(23(16)4)14-8-7-9-15(13-14)28-5/h1,7-9,13H,10-12H2,2-5H3. The summed E-state index contributed by atoms with van der Waals surface area (Å²) in [4.78, 5) is 32.5. The molecule has 3 aromatic rings. The summed E-state index contributed by atoms with van der Waals surface area (Å²) >= 11 is 0. The van der Waals surface area contributed by atoms with E-state index in [4.69, 9.17) is 11.2 Å². The van der Waals surface area contributed by atoms with Crippen LogP contribution in [0.3, 0.4) is 0 Å². The monoisotopic (exact) mass is 381 g/mol. The molecular formula is C20H23N5O3. The molecule has 0 spiro atoms. The van der Waals surface area contributed by atoms with E-state index < -0.39 is 11.2 Å². The Morgan fingerprint density at radius 1 is 1.25 bits per heavy atom. The van der Waals surface area contributed by atoms with Crippen LogP contribution in [0, 0.1) is 12.3 Å². The van der Waals surface area contributed by atoms with Crippen LogP contribution in [0.1, 0.15) is 0 Å². The fraction of sp³-hybridized carbons (Fsp3) is 0.350. The maximum absolute atomic E-state index is 13.0. The fourth-order valence-electron chi connectivity index (χ4n) is 3.12. The number of aryl methyl sites for hydroxylation is 1. The minimum absolute atomic E-state index is 0.0881. The number of terminal acetylenes is 1. The molecule has 3 rings (SSSR count). The van der Waals surface area contributed by atoms with Crippen molar-refractivity contribution in [1.29, 1.82) is 0 Å². The highest BCUT2D eigenvalue weighted by Crippen LogP contribution is 2.25. The normalized spacial score (nSPS) is 11.1. The van der Waals surface area contributed by atoms with Gasteiger partial charge in [-0.05, 0) is 26.2 Å². The Kier molecular flexibility index (Phi) is 5.38. The van der Waals surface area contributed by atoms with Crippen LogP contribution >= 0.6 is 0 Å². The van der Waals surface area contributed by atoms with Crippen molar-refractivity contribution in [2.24, 2.45) is 7.05 Å². The quantitative estimate of drug-likeness (QED) is 0.590. The first-order valence-corrected chi connectivity index (χ1v) is 8.81. The van der Waals surface area contributed by atoms with Gasteiger partial charge in [-0.3, -0.25) is 9.36 Å². The van der Waals surface area contributed by atoms with Gasteiger partial charge in [0, 0.05) is 25.7 Å². The van der Waals surface area contributed by atoms with E-state index in [0.717, 1.165) is 10.1 Å². The molecule has 2 heterocycles. The van der Waals surface area contributed by atoms with Gasteiger partial charge in [0.1, 0.15) is 11.6 Å². The Bertz CT molecular complexity index is 1180. The van der Waals surface area contributed by atoms with Crippen LogP contribution in [0.25, 0.3) is 22.6 Å². The third-order valence-electron chi connectivity index (χ3n) is 4.59. The molecule has 0 aliphatic heterocycles. The smallest absolute Gasteiger partial charge is 0.333 e. The minimum Gasteiger partial charge on any atom is -0.497 e. The average molecular weight is 381 g/mol. The predicted octanol–water partition coefficient (Wildman–Crippen LogP) is 0.767. The van der Waals surface area contributed by atoms with Crippen molar-refractivity contribution in [2.45, 2.75) is 13.1 Å². The molecule has 0 fully saturated rings. The molecule has 0 N–H and O–H groups in total. The first-order chi connectivity index (χ1) is 13.4. The lowest BCUT2D eigenvalue weighted by Crippen LogP contribution is -2.41. The van der Waals surface area contributed by atoms with E-state index in [1.807, 2.05) is 43.3 Å². The molecule has 2 aromatic heterocycles. The van der Waals surface area contributed by atoms with E-state index in [1.54, 1.807) is 18.7 Å². The van der Waals surface area contributed by atoms with E-state index in [-0.39, 0.29) is 6.54 Å². The molecule has 0 bridgehead atoms. The summed E-state index contributed by atoms with van der Waals surface area (Å²) in [5, 5.41) is 0. The number of imidazole rings is 1. The lowest BCUT2D eigenvalue weighted by Gasteiger charge is -2.13. The molecule has 0 saturated carbocycles. The van der Waals surface area contributed by atoms with Crippen LogP contribution in [-0.2, 0) is 20.1 Å². The third kappa shape index (κ3) is 3.32. The number of likely N-dealkylation sites (N-methyl/N-ethyl adjacent to an activating group) is 1. The van der Waals surface area contributed by atoms with Gasteiger partial charge in [-0.15, -0.1) is 6.42 Å². The number of nitrogens with zero attached hydrogens (tertiary/aromatic N) is 5. The van der Waals surface area contributed by atoms with Crippen molar-refractivity contribution in [3.8, 4) is 29.5 Å². The number of ether oxygens (including phenoxy) is 1. The maximum Gasteiger partial charge on any atom is 0.333 e. The topological polar surface area (TPSA) is 74.3 Å². The number of methoxy groups -OCH3 is 1. The minimum atomic E-state index is -0.451. The van der Waals surface area contributed by atoms with Gasteiger partial charge in [0.25, 0.3) is 5.56 Å². The van der Waals surface area contributed by atoms with Crippen LogP contribution in [-0.4, -0.2) is 51.3 Å². The fourth-order valence-corrected chi connectivity index (χ4v) is 3.12. The van der Waals surface area contributed by atoms with Gasteiger partial charge in [0.2, 0.25) is 0 Å². The highest BCUT2D eigenvalue weighted by Gasteiger charge is 2.20.